The smallest absolute Gasteiger partial charge is 0.255 e. The zero-order chi connectivity index (χ0) is 22.7. The van der Waals surface area contributed by atoms with Crippen LogP contribution in [0.5, 0.6) is 0 Å². The first kappa shape index (κ1) is 21.5. The van der Waals surface area contributed by atoms with Gasteiger partial charge in [0.15, 0.2) is 0 Å². The third kappa shape index (κ3) is 4.48. The molecule has 3 aromatic carbocycles. The lowest BCUT2D eigenvalue weighted by Crippen LogP contribution is -2.31. The predicted molar refractivity (Wildman–Crippen MR) is 127 cm³/mol. The maximum Gasteiger partial charge on any atom is 0.255 e. The summed E-state index contributed by atoms with van der Waals surface area (Å²) < 4.78 is 14.8. The maximum absolute atomic E-state index is 14.8. The quantitative estimate of drug-likeness (QED) is 0.619. The van der Waals surface area contributed by atoms with Crippen molar-refractivity contribution >= 4 is 17.3 Å². The molecule has 164 valence electrons. The number of anilines is 2. The average Bonchev–Trinajstić information content (AvgIpc) is 3.29. The van der Waals surface area contributed by atoms with E-state index in [1.54, 1.807) is 30.3 Å². The van der Waals surface area contributed by atoms with Crippen molar-refractivity contribution < 1.29 is 10.6 Å². The number of carbonyl (C=O) groups excluding carboxylic acids is 1. The molecule has 6 heteroatoms. The van der Waals surface area contributed by atoms with Gasteiger partial charge < -0.3 is 15.1 Å². The highest BCUT2D eigenvalue weighted by atomic mass is 19.1. The van der Waals surface area contributed by atoms with Crippen LogP contribution in [-0.4, -0.2) is 44.0 Å². The highest BCUT2D eigenvalue weighted by molar-refractivity contribution is 6.04. The highest BCUT2D eigenvalue weighted by Gasteiger charge is 2.25. The minimum absolute atomic E-state index is 0. The van der Waals surface area contributed by atoms with E-state index >= 15 is 0 Å². The van der Waals surface area contributed by atoms with Crippen LogP contribution in [0.4, 0.5) is 15.8 Å². The van der Waals surface area contributed by atoms with Crippen LogP contribution >= 0.6 is 0 Å². The molecule has 1 amide bonds. The Hall–Kier alpha value is -3.69. The van der Waals surface area contributed by atoms with E-state index in [1.807, 2.05) is 49.3 Å². The van der Waals surface area contributed by atoms with Gasteiger partial charge in [-0.3, -0.25) is 4.79 Å². The van der Waals surface area contributed by atoms with Crippen molar-refractivity contribution in [3.05, 3.63) is 83.7 Å². The van der Waals surface area contributed by atoms with E-state index in [1.165, 1.54) is 6.07 Å². The zero-order valence-corrected chi connectivity index (χ0v) is 18.2. The minimum atomic E-state index is -0.342. The molecular weight excluding hydrogens is 403 g/mol. The van der Waals surface area contributed by atoms with Crippen LogP contribution in [0.1, 0.15) is 23.8 Å². The van der Waals surface area contributed by atoms with Gasteiger partial charge in [0.2, 0.25) is 0 Å². The summed E-state index contributed by atoms with van der Waals surface area (Å²) in [7, 11) is 4.08. The van der Waals surface area contributed by atoms with E-state index in [-0.39, 0.29) is 13.2 Å². The van der Waals surface area contributed by atoms with Crippen molar-refractivity contribution in [3.8, 4) is 17.2 Å². The van der Waals surface area contributed by atoms with Crippen LogP contribution < -0.4 is 10.2 Å². The Balaban J connectivity index is 0.00000306. The number of amides is 1. The van der Waals surface area contributed by atoms with Crippen molar-refractivity contribution in [1.29, 1.82) is 5.26 Å². The fraction of sp³-hybridized carbons (Fsp3) is 0.231. The third-order valence-corrected chi connectivity index (χ3v) is 5.95. The van der Waals surface area contributed by atoms with Crippen molar-refractivity contribution in [3.63, 3.8) is 0 Å². The van der Waals surface area contributed by atoms with Gasteiger partial charge in [-0.15, -0.1) is 0 Å². The molecule has 0 bridgehead atoms. The van der Waals surface area contributed by atoms with E-state index in [0.29, 0.717) is 28.5 Å². The molecule has 0 aliphatic carbocycles. The predicted octanol–water partition coefficient (Wildman–Crippen LogP) is 5.00. The molecule has 0 spiro atoms. The molecule has 0 radical (unpaired) electrons. The molecule has 32 heavy (non-hydrogen) atoms. The van der Waals surface area contributed by atoms with Gasteiger partial charge in [-0.25, -0.2) is 4.39 Å². The largest absolute Gasteiger partial charge is 0.368 e. The number of hydrogen-bond donors (Lipinski definition) is 1. The van der Waals surface area contributed by atoms with Crippen LogP contribution in [0.3, 0.4) is 0 Å². The summed E-state index contributed by atoms with van der Waals surface area (Å²) in [6.45, 7) is 1.60. The zero-order valence-electron chi connectivity index (χ0n) is 18.2. The number of nitriles is 1. The Morgan fingerprint density at radius 2 is 1.91 bits per heavy atom. The maximum atomic E-state index is 14.8. The van der Waals surface area contributed by atoms with Gasteiger partial charge >= 0.3 is 0 Å². The molecule has 1 heterocycles. The second-order valence-electron chi connectivity index (χ2n) is 8.21. The number of nitrogens with zero attached hydrogens (tertiary/aromatic N) is 3. The van der Waals surface area contributed by atoms with Crippen LogP contribution in [-0.2, 0) is 0 Å². The number of likely N-dealkylation sites (N-methyl/N-ethyl adjacent to an activating group) is 1. The lowest BCUT2D eigenvalue weighted by Gasteiger charge is -2.22. The first-order chi connectivity index (χ1) is 15.5. The van der Waals surface area contributed by atoms with Gasteiger partial charge in [-0.2, -0.15) is 5.26 Å². The number of benzene rings is 3. The molecule has 3 aromatic rings. The van der Waals surface area contributed by atoms with Gasteiger partial charge in [-0.1, -0.05) is 30.3 Å². The summed E-state index contributed by atoms with van der Waals surface area (Å²) in [4.78, 5) is 16.9. The summed E-state index contributed by atoms with van der Waals surface area (Å²) in [6.07, 6.45) is 1.000. The van der Waals surface area contributed by atoms with Crippen molar-refractivity contribution in [2.45, 2.75) is 12.5 Å². The normalized spacial score (nSPS) is 15.6. The van der Waals surface area contributed by atoms with Crippen LogP contribution in [0.25, 0.3) is 11.1 Å². The number of rotatable bonds is 5. The Labute approximate surface area is 189 Å². The second-order valence-corrected chi connectivity index (χ2v) is 8.21. The molecule has 5 nitrogen and oxygen atoms in total. The molecule has 1 aliphatic rings. The third-order valence-electron chi connectivity index (χ3n) is 5.95. The molecule has 1 aliphatic heterocycles. The fourth-order valence-corrected chi connectivity index (χ4v) is 4.06. The van der Waals surface area contributed by atoms with Crippen molar-refractivity contribution in [2.24, 2.45) is 0 Å². The van der Waals surface area contributed by atoms with E-state index in [2.05, 4.69) is 16.3 Å². The average molecular weight is 431 g/mol. The molecule has 1 saturated heterocycles. The van der Waals surface area contributed by atoms with Crippen LogP contribution in [0.2, 0.25) is 0 Å². The highest BCUT2D eigenvalue weighted by Crippen LogP contribution is 2.28. The van der Waals surface area contributed by atoms with E-state index < -0.39 is 0 Å². The minimum Gasteiger partial charge on any atom is -0.368 e. The van der Waals surface area contributed by atoms with E-state index in [0.717, 1.165) is 30.6 Å². The van der Waals surface area contributed by atoms with Crippen molar-refractivity contribution in [2.75, 3.05) is 37.4 Å². The topological polar surface area (TPSA) is 59.4 Å². The summed E-state index contributed by atoms with van der Waals surface area (Å²) in [6, 6.07) is 21.8. The molecule has 1 unspecified atom stereocenters. The number of nitrogens with one attached hydrogen (secondary N) is 1. The molecule has 0 saturated carbocycles. The Morgan fingerprint density at radius 1 is 1.16 bits per heavy atom. The van der Waals surface area contributed by atoms with Crippen molar-refractivity contribution in [1.82, 2.24) is 4.90 Å². The summed E-state index contributed by atoms with van der Waals surface area (Å²) in [5, 5.41) is 12.1. The van der Waals surface area contributed by atoms with Crippen LogP contribution in [0.15, 0.2) is 66.7 Å². The molecule has 1 fully saturated rings. The number of halogens is 1. The lowest BCUT2D eigenvalue weighted by molar-refractivity contribution is 0.102. The molecule has 1 atom stereocenters. The summed E-state index contributed by atoms with van der Waals surface area (Å²) in [5.41, 5.74) is 3.69. The van der Waals surface area contributed by atoms with E-state index in [4.69, 9.17) is 0 Å². The second kappa shape index (κ2) is 9.21. The molecule has 4 rings (SSSR count). The molecule has 1 N–H and O–H groups in total. The Bertz CT molecular complexity index is 1170. The van der Waals surface area contributed by atoms with Crippen LogP contribution in [0, 0.1) is 17.1 Å². The first-order valence-electron chi connectivity index (χ1n) is 10.6. The monoisotopic (exact) mass is 430 g/mol. The fourth-order valence-electron chi connectivity index (χ4n) is 4.06. The Morgan fingerprint density at radius 3 is 2.56 bits per heavy atom. The summed E-state index contributed by atoms with van der Waals surface area (Å²) in [5.74, 6) is -0.656. The van der Waals surface area contributed by atoms with Gasteiger partial charge in [0, 0.05) is 31.8 Å². The van der Waals surface area contributed by atoms with Gasteiger partial charge in [-0.05, 0) is 68.0 Å². The Kier molecular flexibility index (Phi) is 6.20. The lowest BCUT2D eigenvalue weighted by atomic mass is 9.99. The van der Waals surface area contributed by atoms with Gasteiger partial charge in [0.1, 0.15) is 5.82 Å². The van der Waals surface area contributed by atoms with E-state index in [9.17, 15) is 14.4 Å². The first-order valence-corrected chi connectivity index (χ1v) is 10.6. The molecular formula is C26H27FN4O. The van der Waals surface area contributed by atoms with Gasteiger partial charge in [0.25, 0.3) is 5.91 Å². The number of hydrogen-bond acceptors (Lipinski definition) is 4. The standard InChI is InChI=1S/C26H25FN4O.H2/c1-30(2)22-13-14-31(17-22)25-12-11-21(15-24(25)27)29-26(32)19-9-7-18(8-10-19)23-6-4-3-5-20(23)16-28;/h3-12,15,22H,13-14,17H2,1-2H3,(H,29,32);1H. The van der Waals surface area contributed by atoms with Gasteiger partial charge in [0.05, 0.1) is 17.3 Å². The molecule has 0 aromatic heterocycles. The number of carbonyl (C=O) groups is 1. The summed E-state index contributed by atoms with van der Waals surface area (Å²) >= 11 is 0. The SMILES string of the molecule is CN(C)C1CCN(c2ccc(NC(=O)c3ccc(-c4ccccc4C#N)cc3)cc2F)C1.[HH].